The van der Waals surface area contributed by atoms with Crippen LogP contribution in [0.2, 0.25) is 0 Å². The number of hydrogen-bond donors (Lipinski definition) is 0. The Labute approximate surface area is 56.4 Å². The first-order valence-electron chi connectivity index (χ1n) is 3.80. The van der Waals surface area contributed by atoms with Gasteiger partial charge in [0.15, 0.2) is 0 Å². The molecule has 0 bridgehead atoms. The highest BCUT2D eigenvalue weighted by molar-refractivity contribution is 5.10. The molecule has 1 heterocycles. The normalized spacial score (nSPS) is 50.7. The van der Waals surface area contributed by atoms with Crippen molar-refractivity contribution in [1.29, 1.82) is 0 Å². The van der Waals surface area contributed by atoms with Crippen LogP contribution in [-0.4, -0.2) is 6.10 Å². The predicted octanol–water partition coefficient (Wildman–Crippen LogP) is 1.98. The van der Waals surface area contributed by atoms with E-state index in [0.29, 0.717) is 6.10 Å². The monoisotopic (exact) mass is 125 g/mol. The van der Waals surface area contributed by atoms with Crippen LogP contribution < -0.4 is 0 Å². The van der Waals surface area contributed by atoms with Crippen molar-refractivity contribution in [2.45, 2.75) is 32.8 Å². The van der Waals surface area contributed by atoms with Crippen molar-refractivity contribution in [3.05, 3.63) is 6.10 Å². The van der Waals surface area contributed by atoms with E-state index in [1.807, 2.05) is 0 Å². The predicted molar refractivity (Wildman–Crippen MR) is 35.7 cm³/mol. The molecule has 3 atom stereocenters. The molecule has 0 spiro atoms. The van der Waals surface area contributed by atoms with Gasteiger partial charge < -0.3 is 4.74 Å². The summed E-state index contributed by atoms with van der Waals surface area (Å²) in [5, 5.41) is 0. The topological polar surface area (TPSA) is 12.5 Å². The molecular formula is C8H13O. The average Bonchev–Trinajstić information content (AvgIpc) is 2.43. The molecular weight excluding hydrogens is 112 g/mol. The summed E-state index contributed by atoms with van der Waals surface area (Å²) in [6, 6.07) is 0. The van der Waals surface area contributed by atoms with Gasteiger partial charge in [0.2, 0.25) is 0 Å². The van der Waals surface area contributed by atoms with Gasteiger partial charge in [0.05, 0.1) is 6.10 Å². The first-order chi connectivity index (χ1) is 4.27. The Hall–Kier alpha value is -0.0400. The molecule has 51 valence electrons. The fourth-order valence-electron chi connectivity index (χ4n) is 1.91. The summed E-state index contributed by atoms with van der Waals surface area (Å²) in [6.45, 7) is 4.58. The number of ether oxygens (including phenoxy) is 1. The van der Waals surface area contributed by atoms with Gasteiger partial charge in [-0.1, -0.05) is 13.8 Å². The van der Waals surface area contributed by atoms with E-state index in [1.54, 1.807) is 0 Å². The van der Waals surface area contributed by atoms with Crippen LogP contribution in [0.5, 0.6) is 0 Å². The van der Waals surface area contributed by atoms with E-state index in [-0.39, 0.29) is 0 Å². The third-order valence-electron chi connectivity index (χ3n) is 2.40. The van der Waals surface area contributed by atoms with Crippen LogP contribution in [0.4, 0.5) is 0 Å². The fourth-order valence-corrected chi connectivity index (χ4v) is 1.91. The zero-order valence-electron chi connectivity index (χ0n) is 6.05. The standard InChI is InChI=1S/C8H13O/c1-5-3-6(2)8-7(4-5)9-8/h5-7H,3-4H2,1-2H3. The average molecular weight is 125 g/mol. The molecule has 0 aromatic carbocycles. The molecule has 0 N–H and O–H groups in total. The smallest absolute Gasteiger partial charge is 0.129 e. The Morgan fingerprint density at radius 2 is 2.11 bits per heavy atom. The van der Waals surface area contributed by atoms with Crippen LogP contribution >= 0.6 is 0 Å². The lowest BCUT2D eigenvalue weighted by Crippen LogP contribution is -2.14. The molecule has 0 aromatic heterocycles. The number of epoxide rings is 1. The maximum atomic E-state index is 5.38. The lowest BCUT2D eigenvalue weighted by atomic mass is 9.84. The van der Waals surface area contributed by atoms with Gasteiger partial charge in [-0.2, -0.15) is 0 Å². The summed E-state index contributed by atoms with van der Waals surface area (Å²) in [7, 11) is 0. The van der Waals surface area contributed by atoms with Gasteiger partial charge in [-0.3, -0.25) is 0 Å². The zero-order valence-corrected chi connectivity index (χ0v) is 6.05. The van der Waals surface area contributed by atoms with E-state index in [9.17, 15) is 0 Å². The SMILES string of the molecule is CC1CC(C)[C]2OC2C1. The lowest BCUT2D eigenvalue weighted by molar-refractivity contribution is 0.373. The Balaban J connectivity index is 1.99. The molecule has 1 aliphatic carbocycles. The Kier molecular flexibility index (Phi) is 1.10. The highest BCUT2D eigenvalue weighted by Gasteiger charge is 2.48. The molecule has 2 rings (SSSR count). The molecule has 2 aliphatic rings. The van der Waals surface area contributed by atoms with Gasteiger partial charge >= 0.3 is 0 Å². The summed E-state index contributed by atoms with van der Waals surface area (Å²) in [5.74, 6) is 1.63. The van der Waals surface area contributed by atoms with Crippen LogP contribution in [0.15, 0.2) is 0 Å². The van der Waals surface area contributed by atoms with Gasteiger partial charge in [-0.05, 0) is 24.7 Å². The van der Waals surface area contributed by atoms with Gasteiger partial charge in [-0.25, -0.2) is 0 Å². The minimum Gasteiger partial charge on any atom is -0.362 e. The van der Waals surface area contributed by atoms with Crippen LogP contribution in [-0.2, 0) is 4.74 Å². The summed E-state index contributed by atoms with van der Waals surface area (Å²) in [5.41, 5.74) is 0. The summed E-state index contributed by atoms with van der Waals surface area (Å²) in [6.07, 6.45) is 4.57. The summed E-state index contributed by atoms with van der Waals surface area (Å²) in [4.78, 5) is 0. The van der Waals surface area contributed by atoms with Gasteiger partial charge in [0, 0.05) is 0 Å². The molecule has 1 aliphatic heterocycles. The molecule has 3 unspecified atom stereocenters. The Bertz CT molecular complexity index is 122. The molecule has 1 nitrogen and oxygen atoms in total. The van der Waals surface area contributed by atoms with Crippen molar-refractivity contribution in [3.8, 4) is 0 Å². The van der Waals surface area contributed by atoms with Crippen LogP contribution in [0.3, 0.4) is 0 Å². The third-order valence-corrected chi connectivity index (χ3v) is 2.40. The van der Waals surface area contributed by atoms with Gasteiger partial charge in [-0.15, -0.1) is 0 Å². The van der Waals surface area contributed by atoms with Crippen LogP contribution in [0.1, 0.15) is 26.7 Å². The fraction of sp³-hybridized carbons (Fsp3) is 0.875. The van der Waals surface area contributed by atoms with Crippen molar-refractivity contribution < 1.29 is 4.74 Å². The number of rotatable bonds is 0. The van der Waals surface area contributed by atoms with Crippen LogP contribution in [0.25, 0.3) is 0 Å². The maximum absolute atomic E-state index is 5.38. The second kappa shape index (κ2) is 1.72. The molecule has 1 saturated carbocycles. The molecule has 1 heteroatoms. The number of hydrogen-bond acceptors (Lipinski definition) is 1. The molecule has 0 amide bonds. The molecule has 1 saturated heterocycles. The lowest BCUT2D eigenvalue weighted by Gasteiger charge is -2.18. The summed E-state index contributed by atoms with van der Waals surface area (Å²) < 4.78 is 5.38. The van der Waals surface area contributed by atoms with E-state index in [4.69, 9.17) is 4.74 Å². The van der Waals surface area contributed by atoms with Crippen molar-refractivity contribution in [1.82, 2.24) is 0 Å². The largest absolute Gasteiger partial charge is 0.362 e. The highest BCUT2D eigenvalue weighted by Crippen LogP contribution is 2.48. The molecule has 1 radical (unpaired) electrons. The second-order valence-electron chi connectivity index (χ2n) is 3.49. The first-order valence-corrected chi connectivity index (χ1v) is 3.80. The molecule has 9 heavy (non-hydrogen) atoms. The summed E-state index contributed by atoms with van der Waals surface area (Å²) >= 11 is 0. The number of fused-ring (bicyclic) bond motifs is 1. The van der Waals surface area contributed by atoms with Crippen molar-refractivity contribution >= 4 is 0 Å². The minimum atomic E-state index is 0.573. The molecule has 0 aromatic rings. The van der Waals surface area contributed by atoms with E-state index in [2.05, 4.69) is 13.8 Å². The van der Waals surface area contributed by atoms with Crippen molar-refractivity contribution in [3.63, 3.8) is 0 Å². The second-order valence-corrected chi connectivity index (χ2v) is 3.49. The minimum absolute atomic E-state index is 0.573. The quantitative estimate of drug-likeness (QED) is 0.451. The van der Waals surface area contributed by atoms with E-state index < -0.39 is 0 Å². The third kappa shape index (κ3) is 0.877. The van der Waals surface area contributed by atoms with E-state index in [1.165, 1.54) is 18.9 Å². The Morgan fingerprint density at radius 1 is 1.33 bits per heavy atom. The Morgan fingerprint density at radius 3 is 2.78 bits per heavy atom. The van der Waals surface area contributed by atoms with Crippen molar-refractivity contribution in [2.75, 3.05) is 0 Å². The van der Waals surface area contributed by atoms with E-state index in [0.717, 1.165) is 11.8 Å². The maximum Gasteiger partial charge on any atom is 0.129 e. The van der Waals surface area contributed by atoms with E-state index >= 15 is 0 Å². The molecule has 2 fully saturated rings. The highest BCUT2D eigenvalue weighted by atomic mass is 16.6. The van der Waals surface area contributed by atoms with Crippen molar-refractivity contribution in [2.24, 2.45) is 11.8 Å². The van der Waals surface area contributed by atoms with Gasteiger partial charge in [0.1, 0.15) is 6.10 Å². The zero-order chi connectivity index (χ0) is 6.43. The van der Waals surface area contributed by atoms with Crippen LogP contribution in [0, 0.1) is 17.9 Å². The first kappa shape index (κ1) is 5.72. The van der Waals surface area contributed by atoms with Gasteiger partial charge in [0.25, 0.3) is 0 Å².